The van der Waals surface area contributed by atoms with Crippen molar-refractivity contribution in [3.05, 3.63) is 35.4 Å². The lowest BCUT2D eigenvalue weighted by atomic mass is 9.91. The minimum atomic E-state index is -1.04. The van der Waals surface area contributed by atoms with Crippen LogP contribution in [-0.2, 0) is 11.2 Å². The minimum absolute atomic E-state index is 0.0180. The van der Waals surface area contributed by atoms with Crippen LogP contribution in [0.15, 0.2) is 24.3 Å². The van der Waals surface area contributed by atoms with Gasteiger partial charge in [0.1, 0.15) is 5.60 Å². The van der Waals surface area contributed by atoms with Crippen LogP contribution in [0.4, 0.5) is 0 Å². The molecule has 2 nitrogen and oxygen atoms in total. The van der Waals surface area contributed by atoms with Crippen LogP contribution in [0.2, 0.25) is 0 Å². The van der Waals surface area contributed by atoms with E-state index in [0.717, 1.165) is 24.0 Å². The number of rotatable bonds is 3. The van der Waals surface area contributed by atoms with Gasteiger partial charge >= 0.3 is 0 Å². The van der Waals surface area contributed by atoms with Crippen molar-refractivity contribution >= 4 is 5.78 Å². The number of aliphatic hydroxyl groups is 1. The van der Waals surface area contributed by atoms with Crippen LogP contribution in [0.1, 0.15) is 36.8 Å². The Morgan fingerprint density at radius 2 is 2.06 bits per heavy atom. The van der Waals surface area contributed by atoms with E-state index in [9.17, 15) is 9.90 Å². The van der Waals surface area contributed by atoms with Crippen molar-refractivity contribution in [3.63, 3.8) is 0 Å². The number of hydrogen-bond acceptors (Lipinski definition) is 2. The first-order valence-electron chi connectivity index (χ1n) is 5.91. The van der Waals surface area contributed by atoms with Crippen LogP contribution in [0.3, 0.4) is 0 Å². The molecule has 0 heterocycles. The van der Waals surface area contributed by atoms with Gasteiger partial charge in [-0.1, -0.05) is 29.8 Å². The molecular weight excluding hydrogens is 200 g/mol. The van der Waals surface area contributed by atoms with Crippen LogP contribution in [0, 0.1) is 6.92 Å². The number of aryl methyl sites for hydroxylation is 1. The fourth-order valence-corrected chi connectivity index (χ4v) is 2.41. The van der Waals surface area contributed by atoms with E-state index in [4.69, 9.17) is 0 Å². The van der Waals surface area contributed by atoms with Crippen LogP contribution in [-0.4, -0.2) is 16.5 Å². The Kier molecular flexibility index (Phi) is 3.10. The van der Waals surface area contributed by atoms with Gasteiger partial charge in [-0.3, -0.25) is 4.79 Å². The molecule has 1 aliphatic carbocycles. The molecule has 0 bridgehead atoms. The number of hydrogen-bond donors (Lipinski definition) is 1. The molecule has 2 rings (SSSR count). The molecule has 1 aliphatic rings. The number of benzene rings is 1. The molecule has 0 saturated heterocycles. The Morgan fingerprint density at radius 3 is 2.69 bits per heavy atom. The monoisotopic (exact) mass is 218 g/mol. The van der Waals surface area contributed by atoms with Gasteiger partial charge in [-0.15, -0.1) is 0 Å². The highest BCUT2D eigenvalue weighted by atomic mass is 16.3. The smallest absolute Gasteiger partial charge is 0.168 e. The summed E-state index contributed by atoms with van der Waals surface area (Å²) in [6.45, 7) is 2.01. The zero-order valence-electron chi connectivity index (χ0n) is 9.70. The van der Waals surface area contributed by atoms with Gasteiger partial charge in [0.15, 0.2) is 5.78 Å². The van der Waals surface area contributed by atoms with E-state index in [-0.39, 0.29) is 5.78 Å². The molecule has 16 heavy (non-hydrogen) atoms. The number of ketones is 1. The highest BCUT2D eigenvalue weighted by Gasteiger charge is 2.37. The summed E-state index contributed by atoms with van der Waals surface area (Å²) < 4.78 is 0. The summed E-state index contributed by atoms with van der Waals surface area (Å²) in [5, 5.41) is 10.1. The molecule has 0 spiro atoms. The minimum Gasteiger partial charge on any atom is -0.382 e. The highest BCUT2D eigenvalue weighted by Crippen LogP contribution is 2.31. The largest absolute Gasteiger partial charge is 0.382 e. The van der Waals surface area contributed by atoms with Crippen molar-refractivity contribution in [1.82, 2.24) is 0 Å². The molecule has 0 aliphatic heterocycles. The van der Waals surface area contributed by atoms with Crippen molar-refractivity contribution in [1.29, 1.82) is 0 Å². The van der Waals surface area contributed by atoms with Crippen molar-refractivity contribution in [2.45, 2.75) is 44.6 Å². The maximum atomic E-state index is 12.0. The lowest BCUT2D eigenvalue weighted by Gasteiger charge is -2.20. The predicted octanol–water partition coefficient (Wildman–Crippen LogP) is 2.41. The Hall–Kier alpha value is -1.15. The Morgan fingerprint density at radius 1 is 1.38 bits per heavy atom. The number of carbonyl (C=O) groups is 1. The van der Waals surface area contributed by atoms with Gasteiger partial charge in [0.05, 0.1) is 0 Å². The first kappa shape index (κ1) is 11.3. The molecule has 0 aromatic heterocycles. The molecule has 0 amide bonds. The third kappa shape index (κ3) is 2.33. The molecule has 86 valence electrons. The first-order valence-corrected chi connectivity index (χ1v) is 5.91. The van der Waals surface area contributed by atoms with Crippen molar-refractivity contribution in [3.8, 4) is 0 Å². The van der Waals surface area contributed by atoms with Crippen molar-refractivity contribution in [2.24, 2.45) is 0 Å². The van der Waals surface area contributed by atoms with Gasteiger partial charge in [0.25, 0.3) is 0 Å². The molecule has 1 fully saturated rings. The molecule has 1 aromatic carbocycles. The average Bonchev–Trinajstić information content (AvgIpc) is 2.66. The number of carbonyl (C=O) groups excluding carboxylic acids is 1. The summed E-state index contributed by atoms with van der Waals surface area (Å²) in [5.74, 6) is -0.0180. The third-order valence-corrected chi connectivity index (χ3v) is 3.40. The second-order valence-corrected chi connectivity index (χ2v) is 4.83. The molecule has 2 heteroatoms. The molecule has 1 saturated carbocycles. The maximum absolute atomic E-state index is 12.0. The molecule has 1 N–H and O–H groups in total. The summed E-state index contributed by atoms with van der Waals surface area (Å²) in [6.07, 6.45) is 3.57. The van der Waals surface area contributed by atoms with Crippen molar-refractivity contribution < 1.29 is 9.90 Å². The summed E-state index contributed by atoms with van der Waals surface area (Å²) in [6, 6.07) is 7.92. The fourth-order valence-electron chi connectivity index (χ4n) is 2.41. The average molecular weight is 218 g/mol. The van der Waals surface area contributed by atoms with Gasteiger partial charge < -0.3 is 5.11 Å². The molecule has 0 atom stereocenters. The molecule has 0 unspecified atom stereocenters. The predicted molar refractivity (Wildman–Crippen MR) is 63.3 cm³/mol. The zero-order chi connectivity index (χ0) is 11.6. The van der Waals surface area contributed by atoms with Gasteiger partial charge in [-0.25, -0.2) is 0 Å². The SMILES string of the molecule is Cc1cccc(CC(=O)C2(O)CCCC2)c1. The second-order valence-electron chi connectivity index (χ2n) is 4.83. The van der Waals surface area contributed by atoms with Gasteiger partial charge in [0, 0.05) is 6.42 Å². The van der Waals surface area contributed by atoms with Gasteiger partial charge in [0.2, 0.25) is 0 Å². The van der Waals surface area contributed by atoms with E-state index in [0.29, 0.717) is 19.3 Å². The Bertz CT molecular complexity index is 389. The summed E-state index contributed by atoms with van der Waals surface area (Å²) >= 11 is 0. The van der Waals surface area contributed by atoms with Gasteiger partial charge in [-0.2, -0.15) is 0 Å². The van der Waals surface area contributed by atoms with Crippen molar-refractivity contribution in [2.75, 3.05) is 0 Å². The Labute approximate surface area is 96.3 Å². The van der Waals surface area contributed by atoms with E-state index >= 15 is 0 Å². The third-order valence-electron chi connectivity index (χ3n) is 3.40. The lowest BCUT2D eigenvalue weighted by molar-refractivity contribution is -0.136. The first-order chi connectivity index (χ1) is 7.60. The quantitative estimate of drug-likeness (QED) is 0.846. The van der Waals surface area contributed by atoms with E-state index in [1.165, 1.54) is 0 Å². The molecule has 1 aromatic rings. The van der Waals surface area contributed by atoms with Crippen LogP contribution in [0.5, 0.6) is 0 Å². The number of Topliss-reactive ketones (excluding diaryl/α,β-unsaturated/α-hetero) is 1. The summed E-state index contributed by atoms with van der Waals surface area (Å²) in [4.78, 5) is 12.0. The standard InChI is InChI=1S/C14H18O2/c1-11-5-4-6-12(9-11)10-13(15)14(16)7-2-3-8-14/h4-6,9,16H,2-3,7-8,10H2,1H3. The van der Waals surface area contributed by atoms with E-state index in [2.05, 4.69) is 0 Å². The second kappa shape index (κ2) is 4.38. The van der Waals surface area contributed by atoms with E-state index < -0.39 is 5.60 Å². The lowest BCUT2D eigenvalue weighted by Crippen LogP contribution is -2.36. The molecular formula is C14H18O2. The van der Waals surface area contributed by atoms with Crippen LogP contribution < -0.4 is 0 Å². The summed E-state index contributed by atoms with van der Waals surface area (Å²) in [7, 11) is 0. The summed E-state index contributed by atoms with van der Waals surface area (Å²) in [5.41, 5.74) is 1.12. The fraction of sp³-hybridized carbons (Fsp3) is 0.500. The van der Waals surface area contributed by atoms with Crippen LogP contribution in [0.25, 0.3) is 0 Å². The van der Waals surface area contributed by atoms with Crippen LogP contribution >= 0.6 is 0 Å². The van der Waals surface area contributed by atoms with E-state index in [1.54, 1.807) is 0 Å². The molecule has 0 radical (unpaired) electrons. The van der Waals surface area contributed by atoms with Gasteiger partial charge in [-0.05, 0) is 38.2 Å². The Balaban J connectivity index is 2.07. The maximum Gasteiger partial charge on any atom is 0.168 e. The highest BCUT2D eigenvalue weighted by molar-refractivity contribution is 5.89. The normalized spacial score (nSPS) is 18.6. The van der Waals surface area contributed by atoms with E-state index in [1.807, 2.05) is 31.2 Å². The zero-order valence-corrected chi connectivity index (χ0v) is 9.70. The topological polar surface area (TPSA) is 37.3 Å².